The Kier molecular flexibility index (Phi) is 11.1. The van der Waals surface area contributed by atoms with Crippen LogP contribution >= 0.6 is 39.9 Å². The summed E-state index contributed by atoms with van der Waals surface area (Å²) in [5, 5.41) is 6.24. The van der Waals surface area contributed by atoms with Crippen molar-refractivity contribution in [3.8, 4) is 0 Å². The van der Waals surface area contributed by atoms with E-state index >= 15 is 0 Å². The molecule has 0 aliphatic rings. The Balaban J connectivity index is 0.00000392. The van der Waals surface area contributed by atoms with Crippen LogP contribution in [0.15, 0.2) is 58.0 Å². The summed E-state index contributed by atoms with van der Waals surface area (Å²) >= 11 is 3.41. The van der Waals surface area contributed by atoms with Crippen molar-refractivity contribution in [2.24, 2.45) is 4.99 Å². The Labute approximate surface area is 191 Å². The molecule has 0 heterocycles. The Morgan fingerprint density at radius 3 is 2.46 bits per heavy atom. The van der Waals surface area contributed by atoms with E-state index in [1.54, 1.807) is 20.2 Å². The lowest BCUT2D eigenvalue weighted by Gasteiger charge is -2.15. The SMILES string of the molecule is CN(C)C(=O)CNC(=NCc1ccc(Br)cc1)NCCc1cccc(F)c1.I. The van der Waals surface area contributed by atoms with Gasteiger partial charge in [0.1, 0.15) is 5.82 Å². The largest absolute Gasteiger partial charge is 0.356 e. The van der Waals surface area contributed by atoms with Crippen LogP contribution in [0, 0.1) is 5.82 Å². The van der Waals surface area contributed by atoms with Crippen LogP contribution in [0.25, 0.3) is 0 Å². The highest BCUT2D eigenvalue weighted by molar-refractivity contribution is 14.0. The molecule has 0 atom stereocenters. The predicted octanol–water partition coefficient (Wildman–Crippen LogP) is 3.57. The number of benzene rings is 2. The third-order valence-electron chi connectivity index (χ3n) is 3.83. The fraction of sp³-hybridized carbons (Fsp3) is 0.300. The first-order valence-corrected chi connectivity index (χ1v) is 9.44. The molecule has 0 radical (unpaired) electrons. The van der Waals surface area contributed by atoms with Crippen LogP contribution in [-0.2, 0) is 17.8 Å². The number of nitrogens with zero attached hydrogens (tertiary/aromatic N) is 2. The number of aliphatic imine (C=N–C) groups is 1. The normalized spacial score (nSPS) is 10.8. The molecule has 28 heavy (non-hydrogen) atoms. The number of hydrogen-bond donors (Lipinski definition) is 2. The van der Waals surface area contributed by atoms with Gasteiger partial charge in [0.15, 0.2) is 5.96 Å². The van der Waals surface area contributed by atoms with Gasteiger partial charge < -0.3 is 15.5 Å². The highest BCUT2D eigenvalue weighted by Gasteiger charge is 2.06. The summed E-state index contributed by atoms with van der Waals surface area (Å²) in [6.45, 7) is 1.21. The Morgan fingerprint density at radius 2 is 1.82 bits per heavy atom. The van der Waals surface area contributed by atoms with Gasteiger partial charge in [-0.05, 0) is 41.8 Å². The zero-order valence-corrected chi connectivity index (χ0v) is 19.8. The Morgan fingerprint density at radius 1 is 1.11 bits per heavy atom. The molecule has 1 amide bonds. The molecule has 0 aliphatic carbocycles. The number of nitrogens with one attached hydrogen (secondary N) is 2. The zero-order valence-electron chi connectivity index (χ0n) is 15.9. The zero-order chi connectivity index (χ0) is 19.6. The molecule has 2 aromatic rings. The highest BCUT2D eigenvalue weighted by Crippen LogP contribution is 2.11. The average Bonchev–Trinajstić information content (AvgIpc) is 2.64. The summed E-state index contributed by atoms with van der Waals surface area (Å²) in [5.74, 6) is 0.258. The molecule has 5 nitrogen and oxygen atoms in total. The quantitative estimate of drug-likeness (QED) is 0.308. The first-order chi connectivity index (χ1) is 12.9. The lowest BCUT2D eigenvalue weighted by Crippen LogP contribution is -2.43. The lowest BCUT2D eigenvalue weighted by atomic mass is 10.1. The van der Waals surface area contributed by atoms with E-state index in [-0.39, 0.29) is 42.2 Å². The predicted molar refractivity (Wildman–Crippen MR) is 125 cm³/mol. The molecule has 2 rings (SSSR count). The van der Waals surface area contributed by atoms with E-state index in [0.29, 0.717) is 25.5 Å². The second kappa shape index (κ2) is 12.7. The number of hydrogen-bond acceptors (Lipinski definition) is 2. The molecule has 152 valence electrons. The number of rotatable bonds is 7. The Hall–Kier alpha value is -1.68. The molecule has 0 unspecified atom stereocenters. The average molecular weight is 563 g/mol. The third kappa shape index (κ3) is 9.01. The number of halogens is 3. The van der Waals surface area contributed by atoms with Crippen LogP contribution in [0.4, 0.5) is 4.39 Å². The Bertz CT molecular complexity index is 784. The van der Waals surface area contributed by atoms with Crippen molar-refractivity contribution in [3.05, 3.63) is 69.9 Å². The van der Waals surface area contributed by atoms with Gasteiger partial charge in [0, 0.05) is 25.1 Å². The number of carbonyl (C=O) groups excluding carboxylic acids is 1. The van der Waals surface area contributed by atoms with Crippen LogP contribution in [0.3, 0.4) is 0 Å². The summed E-state index contributed by atoms with van der Waals surface area (Å²) < 4.78 is 14.3. The third-order valence-corrected chi connectivity index (χ3v) is 4.36. The maximum Gasteiger partial charge on any atom is 0.241 e. The standard InChI is InChI=1S/C20H24BrFN4O.HI/c1-26(2)19(27)14-25-20(24-13-16-6-8-17(21)9-7-16)23-11-10-15-4-3-5-18(22)12-15;/h3-9,12H,10-11,13-14H2,1-2H3,(H2,23,24,25);1H. The smallest absolute Gasteiger partial charge is 0.241 e. The molecule has 8 heteroatoms. The number of amides is 1. The number of carbonyl (C=O) groups is 1. The van der Waals surface area contributed by atoms with E-state index in [0.717, 1.165) is 15.6 Å². The molecule has 2 N–H and O–H groups in total. The van der Waals surface area contributed by atoms with Gasteiger partial charge in [0.2, 0.25) is 5.91 Å². The van der Waals surface area contributed by atoms with E-state index in [4.69, 9.17) is 0 Å². The minimum absolute atomic E-state index is 0. The van der Waals surface area contributed by atoms with Crippen molar-refractivity contribution >= 4 is 51.8 Å². The van der Waals surface area contributed by atoms with Crippen molar-refractivity contribution in [3.63, 3.8) is 0 Å². The van der Waals surface area contributed by atoms with E-state index in [9.17, 15) is 9.18 Å². The molecule has 0 aromatic heterocycles. The van der Waals surface area contributed by atoms with Crippen LogP contribution < -0.4 is 10.6 Å². The summed E-state index contributed by atoms with van der Waals surface area (Å²) in [6.07, 6.45) is 0.651. The second-order valence-corrected chi connectivity index (χ2v) is 7.16. The van der Waals surface area contributed by atoms with Crippen molar-refractivity contribution < 1.29 is 9.18 Å². The monoisotopic (exact) mass is 562 g/mol. The second-order valence-electron chi connectivity index (χ2n) is 6.24. The van der Waals surface area contributed by atoms with Gasteiger partial charge in [0.05, 0.1) is 13.1 Å². The highest BCUT2D eigenvalue weighted by atomic mass is 127. The minimum Gasteiger partial charge on any atom is -0.356 e. The van der Waals surface area contributed by atoms with E-state index in [1.165, 1.54) is 17.0 Å². The van der Waals surface area contributed by atoms with Gasteiger partial charge in [-0.1, -0.05) is 40.2 Å². The molecular formula is C20H25BrFIN4O. The van der Waals surface area contributed by atoms with Gasteiger partial charge in [-0.3, -0.25) is 4.79 Å². The molecule has 0 saturated carbocycles. The van der Waals surface area contributed by atoms with Crippen molar-refractivity contribution in [2.75, 3.05) is 27.2 Å². The fourth-order valence-corrected chi connectivity index (χ4v) is 2.53. The summed E-state index contributed by atoms with van der Waals surface area (Å²) in [5.41, 5.74) is 1.96. The van der Waals surface area contributed by atoms with Crippen LogP contribution in [0.1, 0.15) is 11.1 Å². The van der Waals surface area contributed by atoms with Gasteiger partial charge in [-0.2, -0.15) is 0 Å². The van der Waals surface area contributed by atoms with Gasteiger partial charge in [-0.25, -0.2) is 9.38 Å². The van der Waals surface area contributed by atoms with E-state index < -0.39 is 0 Å². The molecule has 0 saturated heterocycles. The molecule has 0 fully saturated rings. The lowest BCUT2D eigenvalue weighted by molar-refractivity contribution is -0.127. The molecule has 2 aromatic carbocycles. The first kappa shape index (κ1) is 24.4. The topological polar surface area (TPSA) is 56.7 Å². The van der Waals surface area contributed by atoms with Crippen LogP contribution in [0.5, 0.6) is 0 Å². The summed E-state index contributed by atoms with van der Waals surface area (Å²) in [7, 11) is 3.42. The summed E-state index contributed by atoms with van der Waals surface area (Å²) in [6, 6.07) is 14.4. The molecule has 0 spiro atoms. The summed E-state index contributed by atoms with van der Waals surface area (Å²) in [4.78, 5) is 17.9. The van der Waals surface area contributed by atoms with Crippen molar-refractivity contribution in [1.29, 1.82) is 0 Å². The number of likely N-dealkylation sites (N-methyl/N-ethyl adjacent to an activating group) is 1. The maximum atomic E-state index is 13.3. The van der Waals surface area contributed by atoms with Gasteiger partial charge >= 0.3 is 0 Å². The van der Waals surface area contributed by atoms with Gasteiger partial charge in [0.25, 0.3) is 0 Å². The van der Waals surface area contributed by atoms with Crippen molar-refractivity contribution in [2.45, 2.75) is 13.0 Å². The minimum atomic E-state index is -0.244. The first-order valence-electron chi connectivity index (χ1n) is 8.65. The van der Waals surface area contributed by atoms with Gasteiger partial charge in [-0.15, -0.1) is 24.0 Å². The van der Waals surface area contributed by atoms with Crippen LogP contribution in [-0.4, -0.2) is 44.0 Å². The molecular weight excluding hydrogens is 538 g/mol. The van der Waals surface area contributed by atoms with Crippen molar-refractivity contribution in [1.82, 2.24) is 15.5 Å². The van der Waals surface area contributed by atoms with E-state index in [2.05, 4.69) is 31.6 Å². The maximum absolute atomic E-state index is 13.3. The fourth-order valence-electron chi connectivity index (χ4n) is 2.27. The number of guanidine groups is 1. The van der Waals surface area contributed by atoms with E-state index in [1.807, 2.05) is 30.3 Å². The molecule has 0 aliphatic heterocycles. The molecule has 0 bridgehead atoms. The van der Waals surface area contributed by atoms with Crippen LogP contribution in [0.2, 0.25) is 0 Å².